The molecule has 4 heteroatoms. The number of hydrogen-bond donors (Lipinski definition) is 1. The number of nitrogens with one attached hydrogen (secondary N) is 1. The number of amides is 1. The molecule has 2 aromatic rings. The lowest BCUT2D eigenvalue weighted by molar-refractivity contribution is -0.111. The normalized spacial score (nSPS) is 11.1. The lowest BCUT2D eigenvalue weighted by Gasteiger charge is -2.06. The standard InChI is InChI=1S/C18H17Cl2NO/c1-12(2)14-9-6-13(7-10-14)8-11-17(22)21-16-5-3-4-15(19)18(16)20/h3-12H,1-2H3,(H,21,22). The van der Waals surface area contributed by atoms with Gasteiger partial charge in [0.05, 0.1) is 15.7 Å². The summed E-state index contributed by atoms with van der Waals surface area (Å²) in [7, 11) is 0. The Balaban J connectivity index is 2.03. The highest BCUT2D eigenvalue weighted by atomic mass is 35.5. The van der Waals surface area contributed by atoms with Crippen LogP contribution in [-0.4, -0.2) is 5.91 Å². The fourth-order valence-corrected chi connectivity index (χ4v) is 2.29. The molecule has 2 aromatic carbocycles. The van der Waals surface area contributed by atoms with E-state index in [0.29, 0.717) is 21.7 Å². The van der Waals surface area contributed by atoms with Gasteiger partial charge in [-0.25, -0.2) is 0 Å². The first kappa shape index (κ1) is 16.6. The quantitative estimate of drug-likeness (QED) is 0.707. The minimum Gasteiger partial charge on any atom is -0.321 e. The van der Waals surface area contributed by atoms with E-state index in [1.165, 1.54) is 11.6 Å². The van der Waals surface area contributed by atoms with E-state index in [-0.39, 0.29) is 5.91 Å². The molecule has 0 radical (unpaired) electrons. The molecule has 0 aliphatic heterocycles. The Morgan fingerprint density at radius 1 is 1.09 bits per heavy atom. The van der Waals surface area contributed by atoms with E-state index in [4.69, 9.17) is 23.2 Å². The van der Waals surface area contributed by atoms with Crippen molar-refractivity contribution in [2.45, 2.75) is 19.8 Å². The van der Waals surface area contributed by atoms with Gasteiger partial charge in [-0.05, 0) is 35.3 Å². The maximum atomic E-state index is 11.9. The van der Waals surface area contributed by atoms with E-state index in [2.05, 4.69) is 31.3 Å². The largest absolute Gasteiger partial charge is 0.321 e. The molecule has 1 amide bonds. The Kier molecular flexibility index (Phi) is 5.64. The van der Waals surface area contributed by atoms with Crippen LogP contribution in [0.25, 0.3) is 6.08 Å². The molecule has 0 aliphatic rings. The number of halogens is 2. The lowest BCUT2D eigenvalue weighted by atomic mass is 10.0. The minimum absolute atomic E-state index is 0.253. The maximum absolute atomic E-state index is 11.9. The van der Waals surface area contributed by atoms with Crippen molar-refractivity contribution in [2.75, 3.05) is 5.32 Å². The van der Waals surface area contributed by atoms with Crippen molar-refractivity contribution in [3.05, 3.63) is 69.7 Å². The van der Waals surface area contributed by atoms with E-state index >= 15 is 0 Å². The Morgan fingerprint density at radius 3 is 2.41 bits per heavy atom. The number of rotatable bonds is 4. The summed E-state index contributed by atoms with van der Waals surface area (Å²) in [6.45, 7) is 4.29. The van der Waals surface area contributed by atoms with E-state index in [0.717, 1.165) is 5.56 Å². The summed E-state index contributed by atoms with van der Waals surface area (Å²) < 4.78 is 0. The van der Waals surface area contributed by atoms with Gasteiger partial charge in [0.1, 0.15) is 0 Å². The highest BCUT2D eigenvalue weighted by Gasteiger charge is 2.06. The second-order valence-corrected chi connectivity index (χ2v) is 6.03. The van der Waals surface area contributed by atoms with Crippen molar-refractivity contribution in [3.63, 3.8) is 0 Å². The molecule has 114 valence electrons. The van der Waals surface area contributed by atoms with Gasteiger partial charge in [0.25, 0.3) is 0 Å². The number of carbonyl (C=O) groups is 1. The molecule has 1 N–H and O–H groups in total. The molecule has 0 saturated heterocycles. The molecule has 0 aromatic heterocycles. The SMILES string of the molecule is CC(C)c1ccc(C=CC(=O)Nc2cccc(Cl)c2Cl)cc1. The average molecular weight is 334 g/mol. The van der Waals surface area contributed by atoms with Crippen LogP contribution in [0, 0.1) is 0 Å². The van der Waals surface area contributed by atoms with Crippen LogP contribution in [0.5, 0.6) is 0 Å². The minimum atomic E-state index is -0.253. The molecule has 2 nitrogen and oxygen atoms in total. The number of benzene rings is 2. The summed E-state index contributed by atoms with van der Waals surface area (Å²) in [5.41, 5.74) is 2.74. The fourth-order valence-electron chi connectivity index (χ4n) is 1.94. The molecule has 0 unspecified atom stereocenters. The van der Waals surface area contributed by atoms with Gasteiger partial charge < -0.3 is 5.32 Å². The molecule has 0 bridgehead atoms. The summed E-state index contributed by atoms with van der Waals surface area (Å²) in [4.78, 5) is 11.9. The predicted molar refractivity (Wildman–Crippen MR) is 94.7 cm³/mol. The first-order valence-electron chi connectivity index (χ1n) is 7.00. The van der Waals surface area contributed by atoms with Gasteiger partial charge in [0, 0.05) is 6.08 Å². The molecule has 0 aliphatic carbocycles. The van der Waals surface area contributed by atoms with Crippen LogP contribution in [0.2, 0.25) is 10.0 Å². The van der Waals surface area contributed by atoms with Gasteiger partial charge in [-0.15, -0.1) is 0 Å². The van der Waals surface area contributed by atoms with E-state index in [1.54, 1.807) is 24.3 Å². The van der Waals surface area contributed by atoms with Gasteiger partial charge in [-0.3, -0.25) is 4.79 Å². The third-order valence-electron chi connectivity index (χ3n) is 3.24. The molecule has 2 rings (SSSR count). The molecule has 0 atom stereocenters. The van der Waals surface area contributed by atoms with Crippen LogP contribution in [0.4, 0.5) is 5.69 Å². The van der Waals surface area contributed by atoms with Gasteiger partial charge in [-0.1, -0.05) is 67.4 Å². The van der Waals surface area contributed by atoms with Crippen LogP contribution in [0.1, 0.15) is 30.9 Å². The third kappa shape index (κ3) is 4.36. The average Bonchev–Trinajstić information content (AvgIpc) is 2.50. The second-order valence-electron chi connectivity index (χ2n) is 5.25. The zero-order valence-corrected chi connectivity index (χ0v) is 13.9. The van der Waals surface area contributed by atoms with Gasteiger partial charge in [0.15, 0.2) is 0 Å². The molecule has 0 heterocycles. The zero-order valence-electron chi connectivity index (χ0n) is 12.4. The summed E-state index contributed by atoms with van der Waals surface area (Å²) in [6.07, 6.45) is 3.24. The van der Waals surface area contributed by atoms with Gasteiger partial charge in [-0.2, -0.15) is 0 Å². The maximum Gasteiger partial charge on any atom is 0.248 e. The predicted octanol–water partition coefficient (Wildman–Crippen LogP) is 5.77. The highest BCUT2D eigenvalue weighted by Crippen LogP contribution is 2.29. The Bertz CT molecular complexity index is 691. The second kappa shape index (κ2) is 7.48. The number of hydrogen-bond acceptors (Lipinski definition) is 1. The molecule has 0 fully saturated rings. The monoisotopic (exact) mass is 333 g/mol. The van der Waals surface area contributed by atoms with Crippen LogP contribution in [-0.2, 0) is 4.79 Å². The Hall–Kier alpha value is -1.77. The zero-order chi connectivity index (χ0) is 16.1. The first-order chi connectivity index (χ1) is 10.5. The van der Waals surface area contributed by atoms with Crippen LogP contribution >= 0.6 is 23.2 Å². The fraction of sp³-hybridized carbons (Fsp3) is 0.167. The molecule has 0 saturated carbocycles. The number of anilines is 1. The Labute approximate surface area is 140 Å². The smallest absolute Gasteiger partial charge is 0.248 e. The molecular weight excluding hydrogens is 317 g/mol. The van der Waals surface area contributed by atoms with E-state index in [9.17, 15) is 4.79 Å². The summed E-state index contributed by atoms with van der Waals surface area (Å²) >= 11 is 11.9. The van der Waals surface area contributed by atoms with Crippen molar-refractivity contribution in [1.29, 1.82) is 0 Å². The highest BCUT2D eigenvalue weighted by molar-refractivity contribution is 6.44. The summed E-state index contributed by atoms with van der Waals surface area (Å²) in [6, 6.07) is 13.2. The third-order valence-corrected chi connectivity index (χ3v) is 4.06. The van der Waals surface area contributed by atoms with Crippen LogP contribution < -0.4 is 5.32 Å². The molecular formula is C18H17Cl2NO. The summed E-state index contributed by atoms with van der Waals surface area (Å²) in [5.74, 6) is 0.239. The van der Waals surface area contributed by atoms with Crippen molar-refractivity contribution in [2.24, 2.45) is 0 Å². The molecule has 0 spiro atoms. The van der Waals surface area contributed by atoms with Crippen LogP contribution in [0.3, 0.4) is 0 Å². The number of carbonyl (C=O) groups excluding carboxylic acids is 1. The van der Waals surface area contributed by atoms with Crippen molar-refractivity contribution >= 4 is 40.9 Å². The molecule has 22 heavy (non-hydrogen) atoms. The van der Waals surface area contributed by atoms with Crippen molar-refractivity contribution in [1.82, 2.24) is 0 Å². The lowest BCUT2D eigenvalue weighted by Crippen LogP contribution is -2.08. The van der Waals surface area contributed by atoms with Crippen molar-refractivity contribution in [3.8, 4) is 0 Å². The topological polar surface area (TPSA) is 29.1 Å². The van der Waals surface area contributed by atoms with Crippen molar-refractivity contribution < 1.29 is 4.79 Å². The van der Waals surface area contributed by atoms with E-state index < -0.39 is 0 Å². The van der Waals surface area contributed by atoms with Crippen LogP contribution in [0.15, 0.2) is 48.5 Å². The Morgan fingerprint density at radius 2 is 1.77 bits per heavy atom. The van der Waals surface area contributed by atoms with Gasteiger partial charge >= 0.3 is 0 Å². The van der Waals surface area contributed by atoms with E-state index in [1.807, 2.05) is 12.1 Å². The van der Waals surface area contributed by atoms with Gasteiger partial charge in [0.2, 0.25) is 5.91 Å². The summed E-state index contributed by atoms with van der Waals surface area (Å²) in [5, 5.41) is 3.46. The first-order valence-corrected chi connectivity index (χ1v) is 7.76.